The van der Waals surface area contributed by atoms with Crippen LogP contribution in [0.2, 0.25) is 0 Å². The molecular formula is C12H16BrNO4S. The van der Waals surface area contributed by atoms with E-state index in [0.717, 1.165) is 5.56 Å². The van der Waals surface area contributed by atoms with Gasteiger partial charge in [0.25, 0.3) is 0 Å². The maximum absolute atomic E-state index is 11.9. The van der Waals surface area contributed by atoms with Crippen LogP contribution in [-0.2, 0) is 24.9 Å². The molecule has 0 atom stereocenters. The minimum Gasteiger partial charge on any atom is -0.466 e. The summed E-state index contributed by atoms with van der Waals surface area (Å²) >= 11 is 3.29. The Hall–Kier alpha value is -0.920. The van der Waals surface area contributed by atoms with Crippen molar-refractivity contribution in [3.63, 3.8) is 0 Å². The number of hydrogen-bond acceptors (Lipinski definition) is 4. The standard InChI is InChI=1S/C12H16BrNO4S/c1-2-18-12(15)7-8-14-19(16,17)11-5-3-10(9-13)4-6-11/h3-6,14H,2,7-9H2,1H3. The zero-order valence-electron chi connectivity index (χ0n) is 10.6. The van der Waals surface area contributed by atoms with Crippen LogP contribution in [0.25, 0.3) is 0 Å². The van der Waals surface area contributed by atoms with Crippen LogP contribution < -0.4 is 4.72 Å². The van der Waals surface area contributed by atoms with Gasteiger partial charge in [-0.25, -0.2) is 13.1 Å². The first-order valence-electron chi connectivity index (χ1n) is 5.79. The van der Waals surface area contributed by atoms with E-state index in [1.807, 2.05) is 0 Å². The lowest BCUT2D eigenvalue weighted by molar-refractivity contribution is -0.142. The largest absolute Gasteiger partial charge is 0.466 e. The van der Waals surface area contributed by atoms with Crippen LogP contribution in [0.4, 0.5) is 0 Å². The number of halogens is 1. The summed E-state index contributed by atoms with van der Waals surface area (Å²) in [5.41, 5.74) is 0.991. The van der Waals surface area contributed by atoms with Crippen LogP contribution in [-0.4, -0.2) is 27.5 Å². The highest BCUT2D eigenvalue weighted by atomic mass is 79.9. The van der Waals surface area contributed by atoms with Crippen molar-refractivity contribution in [2.45, 2.75) is 23.6 Å². The molecule has 1 aromatic carbocycles. The molecule has 0 saturated carbocycles. The number of carbonyl (C=O) groups excluding carboxylic acids is 1. The third-order valence-corrected chi connectivity index (χ3v) is 4.44. The fourth-order valence-corrected chi connectivity index (χ4v) is 2.77. The lowest BCUT2D eigenvalue weighted by Crippen LogP contribution is -2.26. The van der Waals surface area contributed by atoms with E-state index in [2.05, 4.69) is 20.7 Å². The molecule has 106 valence electrons. The van der Waals surface area contributed by atoms with E-state index < -0.39 is 16.0 Å². The summed E-state index contributed by atoms with van der Waals surface area (Å²) in [6.45, 7) is 2.02. The number of sulfonamides is 1. The molecule has 1 aromatic rings. The van der Waals surface area contributed by atoms with Crippen molar-refractivity contribution in [3.8, 4) is 0 Å². The molecule has 0 fully saturated rings. The molecule has 19 heavy (non-hydrogen) atoms. The summed E-state index contributed by atoms with van der Waals surface area (Å²) in [6, 6.07) is 6.52. The summed E-state index contributed by atoms with van der Waals surface area (Å²) in [5, 5.41) is 0.670. The Kier molecular flexibility index (Phi) is 6.47. The molecule has 0 radical (unpaired) electrons. The zero-order valence-corrected chi connectivity index (χ0v) is 13.0. The monoisotopic (exact) mass is 349 g/mol. The minimum atomic E-state index is -3.57. The average molecular weight is 350 g/mol. The number of nitrogens with one attached hydrogen (secondary N) is 1. The van der Waals surface area contributed by atoms with E-state index in [-0.39, 0.29) is 17.9 Å². The van der Waals surface area contributed by atoms with Crippen LogP contribution in [0.5, 0.6) is 0 Å². The Labute approximate surface area is 121 Å². The van der Waals surface area contributed by atoms with Gasteiger partial charge in [-0.3, -0.25) is 4.79 Å². The molecule has 0 aliphatic heterocycles. The van der Waals surface area contributed by atoms with Crippen molar-refractivity contribution in [1.29, 1.82) is 0 Å². The average Bonchev–Trinajstić information content (AvgIpc) is 2.39. The van der Waals surface area contributed by atoms with Gasteiger partial charge in [0, 0.05) is 11.9 Å². The molecule has 5 nitrogen and oxygen atoms in total. The lowest BCUT2D eigenvalue weighted by atomic mass is 10.2. The molecule has 1 N–H and O–H groups in total. The molecule has 0 saturated heterocycles. The predicted molar refractivity (Wildman–Crippen MR) is 75.5 cm³/mol. The summed E-state index contributed by atoms with van der Waals surface area (Å²) in [7, 11) is -3.57. The van der Waals surface area contributed by atoms with Gasteiger partial charge in [-0.1, -0.05) is 28.1 Å². The lowest BCUT2D eigenvalue weighted by Gasteiger charge is -2.07. The molecule has 0 unspecified atom stereocenters. The molecule has 0 heterocycles. The van der Waals surface area contributed by atoms with E-state index in [9.17, 15) is 13.2 Å². The third-order valence-electron chi connectivity index (χ3n) is 2.31. The van der Waals surface area contributed by atoms with E-state index in [1.165, 1.54) is 12.1 Å². The van der Waals surface area contributed by atoms with Gasteiger partial charge >= 0.3 is 5.97 Å². The number of esters is 1. The van der Waals surface area contributed by atoms with Crippen molar-refractivity contribution in [1.82, 2.24) is 4.72 Å². The van der Waals surface area contributed by atoms with Crippen LogP contribution in [0.3, 0.4) is 0 Å². The molecule has 0 amide bonds. The van der Waals surface area contributed by atoms with Gasteiger partial charge in [-0.2, -0.15) is 0 Å². The second kappa shape index (κ2) is 7.62. The first-order chi connectivity index (χ1) is 8.99. The highest BCUT2D eigenvalue weighted by Crippen LogP contribution is 2.12. The predicted octanol–water partition coefficient (Wildman–Crippen LogP) is 1.81. The highest BCUT2D eigenvalue weighted by Gasteiger charge is 2.14. The van der Waals surface area contributed by atoms with Gasteiger partial charge in [0.05, 0.1) is 17.9 Å². The van der Waals surface area contributed by atoms with E-state index in [1.54, 1.807) is 19.1 Å². The number of benzene rings is 1. The molecule has 0 aromatic heterocycles. The smallest absolute Gasteiger partial charge is 0.307 e. The highest BCUT2D eigenvalue weighted by molar-refractivity contribution is 9.08. The summed E-state index contributed by atoms with van der Waals surface area (Å²) in [4.78, 5) is 11.3. The van der Waals surface area contributed by atoms with Gasteiger partial charge in [0.15, 0.2) is 0 Å². The number of alkyl halides is 1. The fourth-order valence-electron chi connectivity index (χ4n) is 1.36. The van der Waals surface area contributed by atoms with Crippen molar-refractivity contribution >= 4 is 31.9 Å². The van der Waals surface area contributed by atoms with Gasteiger partial charge in [-0.05, 0) is 24.6 Å². The fraction of sp³-hybridized carbons (Fsp3) is 0.417. The molecule has 0 bridgehead atoms. The summed E-state index contributed by atoms with van der Waals surface area (Å²) < 4.78 is 30.9. The number of carbonyl (C=O) groups is 1. The Bertz CT molecular complexity index is 513. The van der Waals surface area contributed by atoms with Crippen molar-refractivity contribution in [3.05, 3.63) is 29.8 Å². The maximum atomic E-state index is 11.9. The molecule has 7 heteroatoms. The second-order valence-corrected chi connectivity index (χ2v) is 6.06. The zero-order chi connectivity index (χ0) is 14.3. The van der Waals surface area contributed by atoms with Crippen LogP contribution in [0, 0.1) is 0 Å². The number of hydrogen-bond donors (Lipinski definition) is 1. The molecule has 0 aliphatic rings. The Morgan fingerprint density at radius 2 is 1.95 bits per heavy atom. The molecule has 1 rings (SSSR count). The SMILES string of the molecule is CCOC(=O)CCNS(=O)(=O)c1ccc(CBr)cc1. The quantitative estimate of drug-likeness (QED) is 0.601. The van der Waals surface area contributed by atoms with E-state index in [0.29, 0.717) is 11.9 Å². The van der Waals surface area contributed by atoms with Crippen LogP contribution >= 0.6 is 15.9 Å². The second-order valence-electron chi connectivity index (χ2n) is 3.73. The first-order valence-corrected chi connectivity index (χ1v) is 8.40. The Morgan fingerprint density at radius 3 is 2.47 bits per heavy atom. The maximum Gasteiger partial charge on any atom is 0.307 e. The van der Waals surface area contributed by atoms with Gasteiger partial charge in [0.2, 0.25) is 10.0 Å². The topological polar surface area (TPSA) is 72.5 Å². The van der Waals surface area contributed by atoms with Gasteiger partial charge in [0.1, 0.15) is 0 Å². The Morgan fingerprint density at radius 1 is 1.32 bits per heavy atom. The first kappa shape index (κ1) is 16.1. The molecular weight excluding hydrogens is 334 g/mol. The van der Waals surface area contributed by atoms with E-state index >= 15 is 0 Å². The summed E-state index contributed by atoms with van der Waals surface area (Å²) in [6.07, 6.45) is 0.0204. The van der Waals surface area contributed by atoms with Crippen LogP contribution in [0.1, 0.15) is 18.9 Å². The van der Waals surface area contributed by atoms with E-state index in [4.69, 9.17) is 4.74 Å². The van der Waals surface area contributed by atoms with Crippen molar-refractivity contribution in [2.24, 2.45) is 0 Å². The van der Waals surface area contributed by atoms with Crippen molar-refractivity contribution < 1.29 is 17.9 Å². The van der Waals surface area contributed by atoms with Crippen molar-refractivity contribution in [2.75, 3.05) is 13.2 Å². The normalized spacial score (nSPS) is 11.3. The van der Waals surface area contributed by atoms with Gasteiger partial charge in [-0.15, -0.1) is 0 Å². The minimum absolute atomic E-state index is 0.0204. The van der Waals surface area contributed by atoms with Crippen LogP contribution in [0.15, 0.2) is 29.2 Å². The third kappa shape index (κ3) is 5.30. The molecule has 0 spiro atoms. The molecule has 0 aliphatic carbocycles. The number of rotatable bonds is 7. The Balaban J connectivity index is 2.57. The summed E-state index contributed by atoms with van der Waals surface area (Å²) in [5.74, 6) is -0.417. The van der Waals surface area contributed by atoms with Gasteiger partial charge < -0.3 is 4.74 Å². The number of ether oxygens (including phenoxy) is 1.